The summed E-state index contributed by atoms with van der Waals surface area (Å²) in [7, 11) is 2.72. The predicted molar refractivity (Wildman–Crippen MR) is 211 cm³/mol. The van der Waals surface area contributed by atoms with Crippen LogP contribution in [-0.4, -0.2) is 47.6 Å². The van der Waals surface area contributed by atoms with Gasteiger partial charge in [-0.2, -0.15) is 0 Å². The van der Waals surface area contributed by atoms with Crippen molar-refractivity contribution in [3.8, 4) is 23.0 Å². The quantitative estimate of drug-likeness (QED) is 0.184. The summed E-state index contributed by atoms with van der Waals surface area (Å²) in [5.74, 6) is -3.95. The highest BCUT2D eigenvalue weighted by Gasteiger charge is 2.36. The standard InChI is InChI=1S/C46H52O8/c1-43(2,3)23-15-27-35(47)28-16-24(44(4,5)6)18-30(37(28)49)39(51)32-20-26(46(10,11)12)22-34(42(32)54-14)40(52)33-21-25(45(7,8)9)19-31(41(33)53-13)38(50)29(17-23)36(27)48/h15-22,48-49H,1-14H3. The van der Waals surface area contributed by atoms with Crippen molar-refractivity contribution in [2.24, 2.45) is 0 Å². The fourth-order valence-electron chi connectivity index (χ4n) is 6.65. The van der Waals surface area contributed by atoms with E-state index in [2.05, 4.69) is 0 Å². The average Bonchev–Trinajstić information content (AvgIpc) is 3.07. The lowest BCUT2D eigenvalue weighted by molar-refractivity contribution is 0.102. The number of methoxy groups -OCH3 is 2. The smallest absolute Gasteiger partial charge is 0.200 e. The van der Waals surface area contributed by atoms with Crippen molar-refractivity contribution in [3.63, 3.8) is 0 Å². The molecule has 4 aromatic carbocycles. The zero-order valence-corrected chi connectivity index (χ0v) is 34.0. The number of ether oxygens (including phenoxy) is 2. The van der Waals surface area contributed by atoms with Crippen LogP contribution in [0.15, 0.2) is 48.5 Å². The number of carbonyl (C=O) groups excluding carboxylic acids is 4. The molecule has 0 fully saturated rings. The van der Waals surface area contributed by atoms with Gasteiger partial charge in [0, 0.05) is 0 Å². The monoisotopic (exact) mass is 732 g/mol. The summed E-state index contributed by atoms with van der Waals surface area (Å²) < 4.78 is 11.8. The van der Waals surface area contributed by atoms with E-state index in [0.717, 1.165) is 0 Å². The van der Waals surface area contributed by atoms with Crippen LogP contribution in [0.3, 0.4) is 0 Å². The minimum absolute atomic E-state index is 0.00207. The molecule has 1 aliphatic carbocycles. The number of phenols is 2. The van der Waals surface area contributed by atoms with Gasteiger partial charge in [-0.25, -0.2) is 0 Å². The van der Waals surface area contributed by atoms with Gasteiger partial charge in [0.05, 0.1) is 58.7 Å². The number of rotatable bonds is 2. The summed E-state index contributed by atoms with van der Waals surface area (Å²) in [6.45, 7) is 23.1. The molecule has 0 saturated carbocycles. The van der Waals surface area contributed by atoms with E-state index in [1.165, 1.54) is 26.4 Å². The summed E-state index contributed by atoms with van der Waals surface area (Å²) in [5, 5.41) is 23.9. The number of fused-ring (bicyclic) bond motifs is 8. The van der Waals surface area contributed by atoms with Crippen molar-refractivity contribution in [2.45, 2.75) is 105 Å². The van der Waals surface area contributed by atoms with Gasteiger partial charge in [-0.1, -0.05) is 83.1 Å². The average molecular weight is 733 g/mol. The Morgan fingerprint density at radius 1 is 0.352 bits per heavy atom. The van der Waals surface area contributed by atoms with Crippen LogP contribution in [0.25, 0.3) is 0 Å². The number of ketones is 4. The first-order valence-corrected chi connectivity index (χ1v) is 18.1. The van der Waals surface area contributed by atoms with E-state index in [-0.39, 0.29) is 56.0 Å². The van der Waals surface area contributed by atoms with Gasteiger partial charge < -0.3 is 19.7 Å². The zero-order valence-electron chi connectivity index (χ0n) is 34.0. The van der Waals surface area contributed by atoms with Gasteiger partial charge in [0.25, 0.3) is 0 Å². The summed E-state index contributed by atoms with van der Waals surface area (Å²) in [6.07, 6.45) is 0. The van der Waals surface area contributed by atoms with Gasteiger partial charge in [-0.05, 0) is 92.4 Å². The van der Waals surface area contributed by atoms with E-state index in [4.69, 9.17) is 9.47 Å². The normalized spacial score (nSPS) is 14.0. The molecule has 0 saturated heterocycles. The van der Waals surface area contributed by atoms with Gasteiger partial charge in [0.15, 0.2) is 0 Å². The minimum atomic E-state index is -0.778. The van der Waals surface area contributed by atoms with Crippen LogP contribution in [0, 0.1) is 0 Å². The Morgan fingerprint density at radius 3 is 0.704 bits per heavy atom. The van der Waals surface area contributed by atoms with E-state index in [0.29, 0.717) is 22.3 Å². The highest BCUT2D eigenvalue weighted by Crippen LogP contribution is 2.43. The molecule has 5 rings (SSSR count). The summed E-state index contributed by atoms with van der Waals surface area (Å²) in [5.41, 5.74) is -0.643. The summed E-state index contributed by atoms with van der Waals surface area (Å²) >= 11 is 0. The molecule has 0 spiro atoms. The van der Waals surface area contributed by atoms with Crippen molar-refractivity contribution in [1.82, 2.24) is 0 Å². The van der Waals surface area contributed by atoms with E-state index in [9.17, 15) is 24.6 Å². The van der Waals surface area contributed by atoms with Gasteiger partial charge in [0.2, 0.25) is 23.1 Å². The molecule has 4 aromatic rings. The SMILES string of the molecule is COc1c2cc(C(C)(C)C)cc1C(=O)c1cc(C(C)(C)C)cc(c1OC)C(=O)c1cc(C(C)(C)C)cc(c1O)C(=O)c1cc(C(C)(C)C)cc(c1O)C2=O. The van der Waals surface area contributed by atoms with Gasteiger partial charge in [0.1, 0.15) is 23.0 Å². The maximum absolute atomic E-state index is 15.1. The molecule has 284 valence electrons. The largest absolute Gasteiger partial charge is 0.506 e. The Hall–Kier alpha value is -5.24. The van der Waals surface area contributed by atoms with Crippen molar-refractivity contribution >= 4 is 23.1 Å². The lowest BCUT2D eigenvalue weighted by atomic mass is 9.78. The third-order valence-electron chi connectivity index (χ3n) is 10.2. The molecular formula is C46H52O8. The minimum Gasteiger partial charge on any atom is -0.506 e. The number of aromatic hydroxyl groups is 2. The number of hydrogen-bond acceptors (Lipinski definition) is 8. The fraction of sp³-hybridized carbons (Fsp3) is 0.391. The number of carbonyl (C=O) groups is 4. The molecule has 8 bridgehead atoms. The first kappa shape index (κ1) is 40.0. The van der Waals surface area contributed by atoms with E-state index >= 15 is 4.79 Å². The first-order chi connectivity index (χ1) is 24.7. The highest BCUT2D eigenvalue weighted by molar-refractivity contribution is 6.23. The highest BCUT2D eigenvalue weighted by atomic mass is 16.5. The third-order valence-corrected chi connectivity index (χ3v) is 10.2. The zero-order chi connectivity index (χ0) is 40.6. The van der Waals surface area contributed by atoms with Crippen LogP contribution < -0.4 is 9.47 Å². The molecule has 0 radical (unpaired) electrons. The van der Waals surface area contributed by atoms with Crippen molar-refractivity contribution in [3.05, 3.63) is 115 Å². The van der Waals surface area contributed by atoms with Gasteiger partial charge >= 0.3 is 0 Å². The lowest BCUT2D eigenvalue weighted by Crippen LogP contribution is -2.21. The molecule has 8 heteroatoms. The molecule has 0 heterocycles. The molecule has 8 nitrogen and oxygen atoms in total. The third kappa shape index (κ3) is 6.94. The predicted octanol–water partition coefficient (Wildman–Crippen LogP) is 9.54. The Labute approximate surface area is 318 Å². The van der Waals surface area contributed by atoms with E-state index < -0.39 is 56.3 Å². The lowest BCUT2D eigenvalue weighted by Gasteiger charge is -2.26. The summed E-state index contributed by atoms with van der Waals surface area (Å²) in [4.78, 5) is 59.7. The Morgan fingerprint density at radius 2 is 0.519 bits per heavy atom. The Kier molecular flexibility index (Phi) is 9.81. The van der Waals surface area contributed by atoms with E-state index in [1.54, 1.807) is 36.4 Å². The number of phenolic OH excluding ortho intramolecular Hbond substituents is 2. The molecule has 0 aliphatic heterocycles. The second kappa shape index (κ2) is 13.3. The second-order valence-corrected chi connectivity index (χ2v) is 18.4. The van der Waals surface area contributed by atoms with Crippen LogP contribution in [-0.2, 0) is 21.7 Å². The van der Waals surface area contributed by atoms with Crippen molar-refractivity contribution in [2.75, 3.05) is 14.2 Å². The maximum atomic E-state index is 15.1. The van der Waals surface area contributed by atoms with Crippen LogP contribution in [0.4, 0.5) is 0 Å². The van der Waals surface area contributed by atoms with Crippen LogP contribution in [0.2, 0.25) is 0 Å². The van der Waals surface area contributed by atoms with Gasteiger partial charge in [-0.15, -0.1) is 0 Å². The Bertz CT molecular complexity index is 2100. The van der Waals surface area contributed by atoms with Gasteiger partial charge in [-0.3, -0.25) is 19.2 Å². The second-order valence-electron chi connectivity index (χ2n) is 18.4. The van der Waals surface area contributed by atoms with Crippen molar-refractivity contribution in [1.29, 1.82) is 0 Å². The molecular weight excluding hydrogens is 680 g/mol. The van der Waals surface area contributed by atoms with Crippen molar-refractivity contribution < 1.29 is 38.9 Å². The topological polar surface area (TPSA) is 127 Å². The summed E-state index contributed by atoms with van der Waals surface area (Å²) in [6, 6.07) is 12.8. The maximum Gasteiger partial charge on any atom is 0.200 e. The molecule has 0 aromatic heterocycles. The van der Waals surface area contributed by atoms with Crippen LogP contribution in [0.5, 0.6) is 23.0 Å². The molecule has 0 amide bonds. The Balaban J connectivity index is 2.09. The van der Waals surface area contributed by atoms with Crippen LogP contribution >= 0.6 is 0 Å². The molecule has 0 atom stereocenters. The first-order valence-electron chi connectivity index (χ1n) is 18.1. The molecule has 0 unspecified atom stereocenters. The van der Waals surface area contributed by atoms with Crippen LogP contribution in [0.1, 0.15) is 169 Å². The molecule has 54 heavy (non-hydrogen) atoms. The van der Waals surface area contributed by atoms with E-state index in [1.807, 2.05) is 83.1 Å². The molecule has 1 aliphatic rings. The number of benzene rings is 4. The fourth-order valence-corrected chi connectivity index (χ4v) is 6.65. The number of hydrogen-bond donors (Lipinski definition) is 2. The molecule has 2 N–H and O–H groups in total.